The largest absolute Gasteiger partial charge is 0.493 e. The summed E-state index contributed by atoms with van der Waals surface area (Å²) in [6, 6.07) is 15.6. The second-order valence-electron chi connectivity index (χ2n) is 9.27. The van der Waals surface area contributed by atoms with Crippen LogP contribution in [0.2, 0.25) is 0 Å². The molecular weight excluding hydrogens is 498 g/mol. The minimum Gasteiger partial charge on any atom is -0.493 e. The Morgan fingerprint density at radius 1 is 0.949 bits per heavy atom. The van der Waals surface area contributed by atoms with Crippen LogP contribution in [-0.4, -0.2) is 71.8 Å². The lowest BCUT2D eigenvalue weighted by molar-refractivity contribution is 0.0491. The van der Waals surface area contributed by atoms with Crippen LogP contribution in [0.25, 0.3) is 16.9 Å². The first-order valence-corrected chi connectivity index (χ1v) is 12.9. The number of nitrogens with one attached hydrogen (secondary N) is 1. The van der Waals surface area contributed by atoms with E-state index in [1.165, 1.54) is 12.8 Å². The van der Waals surface area contributed by atoms with Gasteiger partial charge in [0.2, 0.25) is 0 Å². The van der Waals surface area contributed by atoms with Crippen LogP contribution >= 0.6 is 0 Å². The predicted octanol–water partition coefficient (Wildman–Crippen LogP) is 4.31. The lowest BCUT2D eigenvalue weighted by atomic mass is 10.1. The molecule has 0 saturated carbocycles. The normalized spacial score (nSPS) is 13.4. The maximum atomic E-state index is 13.0. The van der Waals surface area contributed by atoms with E-state index in [0.29, 0.717) is 35.0 Å². The lowest BCUT2D eigenvalue weighted by Gasteiger charge is -2.14. The molecule has 0 unspecified atom stereocenters. The molecule has 1 N–H and O–H groups in total. The van der Waals surface area contributed by atoms with E-state index in [4.69, 9.17) is 14.2 Å². The molecule has 0 aliphatic carbocycles. The number of ether oxygens (including phenoxy) is 3. The number of methoxy groups -OCH3 is 2. The molecule has 4 aromatic rings. The molecule has 0 radical (unpaired) electrons. The molecule has 1 saturated heterocycles. The molecule has 39 heavy (non-hydrogen) atoms. The minimum atomic E-state index is -0.393. The molecule has 1 aliphatic rings. The Morgan fingerprint density at radius 2 is 1.72 bits per heavy atom. The Balaban J connectivity index is 1.23. The van der Waals surface area contributed by atoms with E-state index >= 15 is 0 Å². The number of benzene rings is 2. The van der Waals surface area contributed by atoms with E-state index in [9.17, 15) is 9.59 Å². The van der Waals surface area contributed by atoms with Crippen LogP contribution in [0.15, 0.2) is 60.8 Å². The van der Waals surface area contributed by atoms with Gasteiger partial charge < -0.3 is 24.4 Å². The van der Waals surface area contributed by atoms with Crippen molar-refractivity contribution in [2.75, 3.05) is 45.8 Å². The van der Waals surface area contributed by atoms with Crippen molar-refractivity contribution in [1.82, 2.24) is 19.5 Å². The van der Waals surface area contributed by atoms with Crippen LogP contribution in [0.3, 0.4) is 0 Å². The molecule has 0 bridgehead atoms. The number of hydrogen-bond acceptors (Lipinski definition) is 8. The van der Waals surface area contributed by atoms with Gasteiger partial charge in [-0.25, -0.2) is 14.3 Å². The molecule has 2 aromatic heterocycles. The van der Waals surface area contributed by atoms with E-state index in [2.05, 4.69) is 20.3 Å². The first kappa shape index (κ1) is 26.2. The van der Waals surface area contributed by atoms with Crippen molar-refractivity contribution in [1.29, 1.82) is 0 Å². The average Bonchev–Trinajstić information content (AvgIpc) is 3.65. The van der Waals surface area contributed by atoms with E-state index in [1.54, 1.807) is 55.3 Å². The fourth-order valence-electron chi connectivity index (χ4n) is 4.65. The summed E-state index contributed by atoms with van der Waals surface area (Å²) in [7, 11) is 3.16. The van der Waals surface area contributed by atoms with Gasteiger partial charge in [-0.1, -0.05) is 0 Å². The number of anilines is 1. The van der Waals surface area contributed by atoms with Crippen molar-refractivity contribution >= 4 is 23.2 Å². The van der Waals surface area contributed by atoms with Crippen LogP contribution in [0, 0.1) is 0 Å². The van der Waals surface area contributed by atoms with Gasteiger partial charge >= 0.3 is 5.97 Å². The van der Waals surface area contributed by atoms with E-state index in [1.807, 2.05) is 24.3 Å². The summed E-state index contributed by atoms with van der Waals surface area (Å²) >= 11 is 0. The van der Waals surface area contributed by atoms with Gasteiger partial charge in [0.1, 0.15) is 0 Å². The number of carbonyl (C=O) groups excluding carboxylic acids is 2. The van der Waals surface area contributed by atoms with Gasteiger partial charge in [-0.05, 0) is 80.9 Å². The van der Waals surface area contributed by atoms with Gasteiger partial charge in [-0.15, -0.1) is 0 Å². The Bertz CT molecular complexity index is 1460. The molecule has 1 amide bonds. The lowest BCUT2D eigenvalue weighted by Crippen LogP contribution is -2.22. The van der Waals surface area contributed by atoms with E-state index < -0.39 is 5.91 Å². The first-order chi connectivity index (χ1) is 19.1. The van der Waals surface area contributed by atoms with Crippen LogP contribution < -0.4 is 14.8 Å². The first-order valence-electron chi connectivity index (χ1n) is 12.9. The number of nitrogens with zero attached hydrogens (tertiary/aromatic N) is 4. The molecule has 10 heteroatoms. The van der Waals surface area contributed by atoms with Crippen molar-refractivity contribution in [3.63, 3.8) is 0 Å². The minimum absolute atomic E-state index is 0.205. The molecule has 10 nitrogen and oxygen atoms in total. The highest BCUT2D eigenvalue weighted by atomic mass is 16.5. The number of aromatic nitrogens is 3. The standard InChI is InChI=1S/C29H31N5O5/c1-37-25-11-8-21(18-26(25)38-2)24-12-13-30-27-19-23(32-34(24)27)28(35)31-22-9-6-20(7-10-22)29(36)39-17-5-16-33-14-3-4-15-33/h6-13,18-19H,3-5,14-17H2,1-2H3,(H,31,35). The van der Waals surface area contributed by atoms with Gasteiger partial charge in [0.15, 0.2) is 22.8 Å². The van der Waals surface area contributed by atoms with Crippen molar-refractivity contribution in [2.45, 2.75) is 19.3 Å². The molecule has 0 spiro atoms. The van der Waals surface area contributed by atoms with Gasteiger partial charge in [0.25, 0.3) is 5.91 Å². The highest BCUT2D eigenvalue weighted by Gasteiger charge is 2.16. The summed E-state index contributed by atoms with van der Waals surface area (Å²) in [5.41, 5.74) is 3.27. The number of likely N-dealkylation sites (tertiary alicyclic amines) is 1. The monoisotopic (exact) mass is 529 g/mol. The van der Waals surface area contributed by atoms with Crippen molar-refractivity contribution in [2.24, 2.45) is 0 Å². The number of amides is 1. The molecule has 2 aromatic carbocycles. The molecule has 1 aliphatic heterocycles. The van der Waals surface area contributed by atoms with Gasteiger partial charge in [0, 0.05) is 30.1 Å². The third-order valence-corrected chi connectivity index (χ3v) is 6.70. The zero-order valence-corrected chi connectivity index (χ0v) is 22.1. The second kappa shape index (κ2) is 12.0. The number of rotatable bonds is 10. The fourth-order valence-corrected chi connectivity index (χ4v) is 4.65. The smallest absolute Gasteiger partial charge is 0.338 e. The Morgan fingerprint density at radius 3 is 2.46 bits per heavy atom. The Labute approximate surface area is 226 Å². The van der Waals surface area contributed by atoms with Crippen LogP contribution in [0.1, 0.15) is 40.1 Å². The Kier molecular flexibility index (Phi) is 8.02. The van der Waals surface area contributed by atoms with Crippen LogP contribution in [0.4, 0.5) is 5.69 Å². The molecule has 1 fully saturated rings. The second-order valence-corrected chi connectivity index (χ2v) is 9.27. The third kappa shape index (κ3) is 6.01. The number of carbonyl (C=O) groups is 2. The molecule has 5 rings (SSSR count). The topological polar surface area (TPSA) is 107 Å². The third-order valence-electron chi connectivity index (χ3n) is 6.70. The molecule has 3 heterocycles. The Hall–Kier alpha value is -4.44. The maximum Gasteiger partial charge on any atom is 0.338 e. The average molecular weight is 530 g/mol. The zero-order valence-electron chi connectivity index (χ0n) is 22.1. The summed E-state index contributed by atoms with van der Waals surface area (Å²) in [6.45, 7) is 3.60. The fraction of sp³-hybridized carbons (Fsp3) is 0.310. The maximum absolute atomic E-state index is 13.0. The van der Waals surface area contributed by atoms with Gasteiger partial charge in [0.05, 0.1) is 32.1 Å². The number of esters is 1. The number of fused-ring (bicyclic) bond motifs is 1. The summed E-state index contributed by atoms with van der Waals surface area (Å²) in [5, 5.41) is 7.32. The molecule has 202 valence electrons. The molecule has 0 atom stereocenters. The summed E-state index contributed by atoms with van der Waals surface area (Å²) in [6.07, 6.45) is 4.98. The SMILES string of the molecule is COc1ccc(-c2ccnc3cc(C(=O)Nc4ccc(C(=O)OCCCN5CCCC5)cc4)nn23)cc1OC. The van der Waals surface area contributed by atoms with E-state index in [-0.39, 0.29) is 11.7 Å². The van der Waals surface area contributed by atoms with Crippen molar-refractivity contribution < 1.29 is 23.8 Å². The summed E-state index contributed by atoms with van der Waals surface area (Å²) in [5.74, 6) is 0.433. The molecular formula is C29H31N5O5. The highest BCUT2D eigenvalue weighted by Crippen LogP contribution is 2.32. The van der Waals surface area contributed by atoms with Gasteiger partial charge in [-0.3, -0.25) is 4.79 Å². The van der Waals surface area contributed by atoms with Crippen LogP contribution in [0.5, 0.6) is 11.5 Å². The predicted molar refractivity (Wildman–Crippen MR) is 146 cm³/mol. The van der Waals surface area contributed by atoms with Gasteiger partial charge in [-0.2, -0.15) is 5.10 Å². The van der Waals surface area contributed by atoms with Crippen LogP contribution in [-0.2, 0) is 4.74 Å². The van der Waals surface area contributed by atoms with E-state index in [0.717, 1.165) is 37.3 Å². The number of hydrogen-bond donors (Lipinski definition) is 1. The summed E-state index contributed by atoms with van der Waals surface area (Å²) < 4.78 is 17.8. The van der Waals surface area contributed by atoms with Crippen molar-refractivity contribution in [3.05, 3.63) is 72.1 Å². The van der Waals surface area contributed by atoms with Crippen molar-refractivity contribution in [3.8, 4) is 22.8 Å². The summed E-state index contributed by atoms with van der Waals surface area (Å²) in [4.78, 5) is 32.1. The highest BCUT2D eigenvalue weighted by molar-refractivity contribution is 6.03. The zero-order chi connectivity index (χ0) is 27.2. The quantitative estimate of drug-likeness (QED) is 0.239.